The summed E-state index contributed by atoms with van der Waals surface area (Å²) in [6.45, 7) is 3.37. The molecule has 0 N–H and O–H groups in total. The highest BCUT2D eigenvalue weighted by Crippen LogP contribution is 2.31. The molecule has 8 nitrogen and oxygen atoms in total. The second-order valence-corrected chi connectivity index (χ2v) is 9.05. The van der Waals surface area contributed by atoms with Crippen LogP contribution in [0.3, 0.4) is 0 Å². The van der Waals surface area contributed by atoms with Crippen molar-refractivity contribution in [2.24, 2.45) is 0 Å². The number of amides is 2. The zero-order valence-electron chi connectivity index (χ0n) is 20.5. The Bertz CT molecular complexity index is 1720. The Labute approximate surface area is 217 Å². The molecule has 0 saturated heterocycles. The maximum Gasteiger partial charge on any atom is 0.339 e. The molecule has 1 unspecified atom stereocenters. The van der Waals surface area contributed by atoms with Crippen LogP contribution in [0.15, 0.2) is 89.3 Å². The van der Waals surface area contributed by atoms with Gasteiger partial charge in [0.15, 0.2) is 6.10 Å². The molecule has 2 amide bonds. The van der Waals surface area contributed by atoms with Gasteiger partial charge in [-0.25, -0.2) is 9.69 Å². The van der Waals surface area contributed by atoms with Crippen molar-refractivity contribution >= 4 is 34.2 Å². The third kappa shape index (κ3) is 3.92. The van der Waals surface area contributed by atoms with Crippen molar-refractivity contribution in [3.05, 3.63) is 113 Å². The number of anilines is 1. The predicted octanol–water partition coefficient (Wildman–Crippen LogP) is 5.92. The fourth-order valence-corrected chi connectivity index (χ4v) is 4.55. The van der Waals surface area contributed by atoms with Gasteiger partial charge in [-0.05, 0) is 72.6 Å². The Morgan fingerprint density at radius 1 is 0.842 bits per heavy atom. The lowest BCUT2D eigenvalue weighted by Crippen LogP contribution is -2.29. The van der Waals surface area contributed by atoms with Crippen LogP contribution >= 0.6 is 0 Å². The molecule has 0 bridgehead atoms. The quantitative estimate of drug-likeness (QED) is 0.217. The molecular formula is C30H21N3O5. The molecule has 8 heteroatoms. The number of hydrogen-bond donors (Lipinski definition) is 0. The summed E-state index contributed by atoms with van der Waals surface area (Å²) in [4.78, 5) is 39.7. The molecule has 1 aliphatic rings. The van der Waals surface area contributed by atoms with Gasteiger partial charge in [0.2, 0.25) is 5.89 Å². The molecule has 186 valence electrons. The van der Waals surface area contributed by atoms with Crippen LogP contribution in [0.1, 0.15) is 55.6 Å². The summed E-state index contributed by atoms with van der Waals surface area (Å²) in [5, 5.41) is 10.3. The van der Waals surface area contributed by atoms with E-state index in [4.69, 9.17) is 9.15 Å². The van der Waals surface area contributed by atoms with Crippen molar-refractivity contribution < 1.29 is 23.5 Å². The number of nitrogens with zero attached hydrogens (tertiary/aromatic N) is 3. The summed E-state index contributed by atoms with van der Waals surface area (Å²) in [5.74, 6) is -0.883. The van der Waals surface area contributed by atoms with Crippen LogP contribution in [-0.2, 0) is 4.74 Å². The van der Waals surface area contributed by atoms with Crippen LogP contribution in [0, 0.1) is 6.92 Å². The minimum atomic E-state index is -0.792. The molecule has 38 heavy (non-hydrogen) atoms. The molecular weight excluding hydrogens is 482 g/mol. The van der Waals surface area contributed by atoms with Gasteiger partial charge in [-0.3, -0.25) is 9.59 Å². The summed E-state index contributed by atoms with van der Waals surface area (Å²) < 4.78 is 11.4. The average Bonchev–Trinajstić information content (AvgIpc) is 3.52. The minimum absolute atomic E-state index is 0.168. The van der Waals surface area contributed by atoms with E-state index < -0.39 is 23.9 Å². The first-order chi connectivity index (χ1) is 18.4. The molecule has 1 atom stereocenters. The van der Waals surface area contributed by atoms with Crippen LogP contribution in [0.5, 0.6) is 0 Å². The van der Waals surface area contributed by atoms with Gasteiger partial charge >= 0.3 is 5.97 Å². The number of fused-ring (bicyclic) bond motifs is 2. The number of rotatable bonds is 5. The zero-order valence-corrected chi connectivity index (χ0v) is 20.5. The van der Waals surface area contributed by atoms with E-state index in [0.717, 1.165) is 21.2 Å². The van der Waals surface area contributed by atoms with Crippen molar-refractivity contribution in [1.29, 1.82) is 0 Å². The van der Waals surface area contributed by atoms with Gasteiger partial charge in [-0.1, -0.05) is 42.5 Å². The van der Waals surface area contributed by atoms with Gasteiger partial charge in [0, 0.05) is 5.56 Å². The highest BCUT2D eigenvalue weighted by Gasteiger charge is 2.36. The zero-order chi connectivity index (χ0) is 26.4. The molecule has 0 aliphatic carbocycles. The Morgan fingerprint density at radius 3 is 2.24 bits per heavy atom. The van der Waals surface area contributed by atoms with Crippen LogP contribution < -0.4 is 4.90 Å². The first kappa shape index (κ1) is 23.3. The first-order valence-corrected chi connectivity index (χ1v) is 12.0. The second kappa shape index (κ2) is 9.08. The molecule has 0 saturated carbocycles. The topological polar surface area (TPSA) is 103 Å². The smallest absolute Gasteiger partial charge is 0.339 e. The number of benzene rings is 4. The Balaban J connectivity index is 1.18. The van der Waals surface area contributed by atoms with E-state index in [9.17, 15) is 14.4 Å². The maximum absolute atomic E-state index is 13.0. The first-order valence-electron chi connectivity index (χ1n) is 12.0. The Hall–Kier alpha value is -5.11. The van der Waals surface area contributed by atoms with Gasteiger partial charge in [0.25, 0.3) is 17.7 Å². The summed E-state index contributed by atoms with van der Waals surface area (Å²) in [7, 11) is 0. The lowest BCUT2D eigenvalue weighted by atomic mass is 10.1. The van der Waals surface area contributed by atoms with E-state index in [-0.39, 0.29) is 5.89 Å². The summed E-state index contributed by atoms with van der Waals surface area (Å²) in [5.41, 5.74) is 2.71. The van der Waals surface area contributed by atoms with E-state index in [0.29, 0.717) is 33.8 Å². The molecule has 0 spiro atoms. The average molecular weight is 504 g/mol. The molecule has 1 aromatic heterocycles. The molecule has 0 fully saturated rings. The third-order valence-electron chi connectivity index (χ3n) is 6.55. The van der Waals surface area contributed by atoms with Gasteiger partial charge in [0.05, 0.1) is 22.4 Å². The van der Waals surface area contributed by atoms with Crippen molar-refractivity contribution in [1.82, 2.24) is 10.2 Å². The van der Waals surface area contributed by atoms with E-state index >= 15 is 0 Å². The van der Waals surface area contributed by atoms with E-state index in [1.165, 1.54) is 6.07 Å². The van der Waals surface area contributed by atoms with Crippen LogP contribution in [-0.4, -0.2) is 28.0 Å². The maximum atomic E-state index is 13.0. The Kier molecular flexibility index (Phi) is 5.57. The van der Waals surface area contributed by atoms with E-state index in [1.807, 2.05) is 42.5 Å². The second-order valence-electron chi connectivity index (χ2n) is 9.05. The predicted molar refractivity (Wildman–Crippen MR) is 140 cm³/mol. The number of imide groups is 1. The molecule has 0 radical (unpaired) electrons. The van der Waals surface area contributed by atoms with E-state index in [1.54, 1.807) is 50.2 Å². The summed E-state index contributed by atoms with van der Waals surface area (Å²) in [6, 6.07) is 25.2. The highest BCUT2D eigenvalue weighted by atomic mass is 16.6. The molecule has 1 aliphatic heterocycles. The van der Waals surface area contributed by atoms with Gasteiger partial charge in [0.1, 0.15) is 0 Å². The van der Waals surface area contributed by atoms with Gasteiger partial charge < -0.3 is 9.15 Å². The molecule has 4 aromatic carbocycles. The molecule has 2 heterocycles. The summed E-state index contributed by atoms with van der Waals surface area (Å²) >= 11 is 0. The SMILES string of the molecule is Cc1cc(N2C(=O)c3ccccc3C2=O)ccc1C(=O)OC(C)c1nnc(-c2ccc3ccccc3c2)o1. The number of ether oxygens (including phenoxy) is 1. The minimum Gasteiger partial charge on any atom is -0.449 e. The molecule has 6 rings (SSSR count). The lowest BCUT2D eigenvalue weighted by Gasteiger charge is -2.16. The van der Waals surface area contributed by atoms with Crippen molar-refractivity contribution in [2.75, 3.05) is 4.90 Å². The monoisotopic (exact) mass is 503 g/mol. The largest absolute Gasteiger partial charge is 0.449 e. The number of hydrogen-bond acceptors (Lipinski definition) is 7. The normalized spacial score (nSPS) is 13.6. The van der Waals surface area contributed by atoms with Gasteiger partial charge in [-0.2, -0.15) is 0 Å². The number of aromatic nitrogens is 2. The number of carbonyl (C=O) groups excluding carboxylic acids is 3. The van der Waals surface area contributed by atoms with Crippen molar-refractivity contribution in [2.45, 2.75) is 20.0 Å². The van der Waals surface area contributed by atoms with Crippen LogP contribution in [0.25, 0.3) is 22.2 Å². The third-order valence-corrected chi connectivity index (χ3v) is 6.55. The fraction of sp³-hybridized carbons (Fsp3) is 0.100. The van der Waals surface area contributed by atoms with E-state index in [2.05, 4.69) is 10.2 Å². The number of carbonyl (C=O) groups is 3. The van der Waals surface area contributed by atoms with Gasteiger partial charge in [-0.15, -0.1) is 10.2 Å². The molecule has 5 aromatic rings. The number of aryl methyl sites for hydroxylation is 1. The highest BCUT2D eigenvalue weighted by molar-refractivity contribution is 6.34. The van der Waals surface area contributed by atoms with Crippen LogP contribution in [0.4, 0.5) is 5.69 Å². The van der Waals surface area contributed by atoms with Crippen molar-refractivity contribution in [3.63, 3.8) is 0 Å². The van der Waals surface area contributed by atoms with Crippen LogP contribution in [0.2, 0.25) is 0 Å². The summed E-state index contributed by atoms with van der Waals surface area (Å²) in [6.07, 6.45) is -0.792. The fourth-order valence-electron chi connectivity index (χ4n) is 4.55. The Morgan fingerprint density at radius 2 is 1.53 bits per heavy atom. The number of esters is 1. The standard InChI is InChI=1S/C30H21N3O5/c1-17-15-22(33-28(34)24-9-5-6-10-25(24)29(33)35)13-14-23(17)30(36)37-18(2)26-31-32-27(38-26)21-12-11-19-7-3-4-8-20(19)16-21/h3-16,18H,1-2H3. The van der Waals surface area contributed by atoms with Crippen molar-refractivity contribution in [3.8, 4) is 11.5 Å². The lowest BCUT2D eigenvalue weighted by molar-refractivity contribution is 0.0279.